The molecule has 10 nitrogen and oxygen atoms in total. The van der Waals surface area contributed by atoms with Crippen molar-refractivity contribution in [3.8, 4) is 0 Å². The van der Waals surface area contributed by atoms with Crippen LogP contribution >= 0.6 is 0 Å². The number of benzene rings is 2. The van der Waals surface area contributed by atoms with Gasteiger partial charge in [-0.2, -0.15) is 13.2 Å². The Labute approximate surface area is 232 Å². The molecule has 1 heterocycles. The summed E-state index contributed by atoms with van der Waals surface area (Å²) in [4.78, 5) is 28.3. The molecule has 3 rings (SSSR count). The molecule has 0 saturated carbocycles. The first-order valence-corrected chi connectivity index (χ1v) is 14.1. The van der Waals surface area contributed by atoms with Crippen molar-refractivity contribution in [1.82, 2.24) is 15.1 Å². The molecule has 2 aromatic carbocycles. The van der Waals surface area contributed by atoms with E-state index in [1.165, 1.54) is 0 Å². The topological polar surface area (TPSA) is 122 Å². The third kappa shape index (κ3) is 9.38. The molecule has 0 atom stereocenters. The predicted octanol–water partition coefficient (Wildman–Crippen LogP) is 2.86. The van der Waals surface area contributed by atoms with Crippen LogP contribution in [0.1, 0.15) is 22.8 Å². The van der Waals surface area contributed by atoms with Crippen molar-refractivity contribution < 1.29 is 36.3 Å². The van der Waals surface area contributed by atoms with E-state index in [4.69, 9.17) is 9.90 Å². The lowest BCUT2D eigenvalue weighted by molar-refractivity contribution is -0.192. The number of amides is 1. The number of nitrogens with zero attached hydrogens (tertiary/aromatic N) is 3. The Kier molecular flexibility index (Phi) is 11.8. The molecule has 3 N–H and O–H groups in total. The van der Waals surface area contributed by atoms with Crippen molar-refractivity contribution in [2.75, 3.05) is 69.5 Å². The van der Waals surface area contributed by atoms with Crippen LogP contribution in [0.2, 0.25) is 0 Å². The number of hydrogen-bond donors (Lipinski definition) is 3. The summed E-state index contributed by atoms with van der Waals surface area (Å²) in [7, 11) is 0.124. The number of anilines is 2. The van der Waals surface area contributed by atoms with Gasteiger partial charge < -0.3 is 25.1 Å². The summed E-state index contributed by atoms with van der Waals surface area (Å²) in [6, 6.07) is 12.2. The number of rotatable bonds is 9. The molecule has 222 valence electrons. The average molecular weight is 588 g/mol. The lowest BCUT2D eigenvalue weighted by atomic mass is 10.1. The maximum Gasteiger partial charge on any atom is 0.490 e. The number of carbonyl (C=O) groups excluding carboxylic acids is 1. The van der Waals surface area contributed by atoms with Crippen LogP contribution in [0, 0.1) is 6.92 Å². The molecule has 1 amide bonds. The molecule has 0 aliphatic carbocycles. The van der Waals surface area contributed by atoms with E-state index in [1.54, 1.807) is 42.2 Å². The highest BCUT2D eigenvalue weighted by Crippen LogP contribution is 2.31. The summed E-state index contributed by atoms with van der Waals surface area (Å²) in [5.41, 5.74) is 2.34. The molecule has 1 saturated heterocycles. The molecule has 14 heteroatoms. The molecule has 2 aromatic rings. The number of sulfonamides is 1. The van der Waals surface area contributed by atoms with E-state index < -0.39 is 22.2 Å². The van der Waals surface area contributed by atoms with E-state index in [1.807, 2.05) is 38.1 Å². The Morgan fingerprint density at radius 2 is 1.68 bits per heavy atom. The second-order valence-electron chi connectivity index (χ2n) is 9.33. The Bertz CT molecular complexity index is 1270. The van der Waals surface area contributed by atoms with Gasteiger partial charge in [0.1, 0.15) is 0 Å². The van der Waals surface area contributed by atoms with Gasteiger partial charge in [0.2, 0.25) is 0 Å². The smallest absolute Gasteiger partial charge is 0.475 e. The average Bonchev–Trinajstić information content (AvgIpc) is 2.89. The van der Waals surface area contributed by atoms with Crippen LogP contribution < -0.4 is 14.9 Å². The minimum atomic E-state index is -5.08. The maximum atomic E-state index is 13.3. The first-order valence-electron chi connectivity index (χ1n) is 12.6. The summed E-state index contributed by atoms with van der Waals surface area (Å²) in [6.07, 6.45) is -5.08. The third-order valence-electron chi connectivity index (χ3n) is 6.06. The quantitative estimate of drug-likeness (QED) is 0.410. The molecule has 1 aliphatic rings. The number of carbonyl (C=O) groups is 2. The fourth-order valence-corrected chi connectivity index (χ4v) is 5.21. The van der Waals surface area contributed by atoms with Crippen LogP contribution in [-0.2, 0) is 14.8 Å². The Morgan fingerprint density at radius 1 is 1.07 bits per heavy atom. The van der Waals surface area contributed by atoms with E-state index in [2.05, 4.69) is 14.9 Å². The molecule has 0 aromatic heterocycles. The first kappa shape index (κ1) is 32.8. The number of hydrogen-bond acceptors (Lipinski definition) is 7. The zero-order chi connectivity index (χ0) is 30.1. The second kappa shape index (κ2) is 14.3. The highest BCUT2D eigenvalue weighted by Gasteiger charge is 2.38. The van der Waals surface area contributed by atoms with E-state index in [0.717, 1.165) is 38.4 Å². The Hall–Kier alpha value is -3.36. The number of aliphatic carboxylic acids is 1. The molecular formula is C26H36F3N5O5S. The van der Waals surface area contributed by atoms with Gasteiger partial charge in [-0.25, -0.2) is 13.2 Å². The van der Waals surface area contributed by atoms with Gasteiger partial charge in [-0.15, -0.1) is 0 Å². The largest absolute Gasteiger partial charge is 0.490 e. The third-order valence-corrected chi connectivity index (χ3v) is 7.58. The summed E-state index contributed by atoms with van der Waals surface area (Å²) in [5, 5.41) is 10.4. The summed E-state index contributed by atoms with van der Waals surface area (Å²) >= 11 is 0. The van der Waals surface area contributed by atoms with Gasteiger partial charge in [-0.1, -0.05) is 18.2 Å². The Balaban J connectivity index is 0.000000708. The first-order chi connectivity index (χ1) is 18.7. The highest BCUT2D eigenvalue weighted by molar-refractivity contribution is 7.92. The molecule has 0 unspecified atom stereocenters. The van der Waals surface area contributed by atoms with Crippen LogP contribution in [0.25, 0.3) is 0 Å². The lowest BCUT2D eigenvalue weighted by Gasteiger charge is -2.31. The zero-order valence-electron chi connectivity index (χ0n) is 23.0. The minimum Gasteiger partial charge on any atom is -0.475 e. The van der Waals surface area contributed by atoms with Crippen LogP contribution in [-0.4, -0.2) is 101 Å². The SMILES string of the molecule is CCN(CCN(C)C)C(=O)c1ccc(N2CCNCC2)c(NS(=O)(=O)c2ccccc2C)c1.O=C(O)C(F)(F)F. The summed E-state index contributed by atoms with van der Waals surface area (Å²) < 4.78 is 61.0. The molecule has 0 spiro atoms. The number of likely N-dealkylation sites (N-methyl/N-ethyl adjacent to an activating group) is 2. The molecule has 0 radical (unpaired) electrons. The van der Waals surface area contributed by atoms with E-state index in [0.29, 0.717) is 29.9 Å². The number of nitrogens with one attached hydrogen (secondary N) is 2. The lowest BCUT2D eigenvalue weighted by Crippen LogP contribution is -2.44. The van der Waals surface area contributed by atoms with Gasteiger partial charge in [0.15, 0.2) is 0 Å². The Morgan fingerprint density at radius 3 is 2.20 bits per heavy atom. The van der Waals surface area contributed by atoms with Crippen molar-refractivity contribution in [2.45, 2.75) is 24.9 Å². The predicted molar refractivity (Wildman–Crippen MR) is 147 cm³/mol. The molecule has 0 bridgehead atoms. The fraction of sp³-hybridized carbons (Fsp3) is 0.462. The second-order valence-corrected chi connectivity index (χ2v) is 11.0. The fourth-order valence-electron chi connectivity index (χ4n) is 3.90. The van der Waals surface area contributed by atoms with E-state index in [-0.39, 0.29) is 10.8 Å². The molecule has 40 heavy (non-hydrogen) atoms. The van der Waals surface area contributed by atoms with Crippen LogP contribution in [0.3, 0.4) is 0 Å². The van der Waals surface area contributed by atoms with E-state index in [9.17, 15) is 26.4 Å². The molecule has 1 fully saturated rings. The van der Waals surface area contributed by atoms with Gasteiger partial charge in [-0.3, -0.25) is 9.52 Å². The van der Waals surface area contributed by atoms with Gasteiger partial charge >= 0.3 is 12.1 Å². The monoisotopic (exact) mass is 587 g/mol. The highest BCUT2D eigenvalue weighted by atomic mass is 32.2. The van der Waals surface area contributed by atoms with Gasteiger partial charge in [0.05, 0.1) is 16.3 Å². The van der Waals surface area contributed by atoms with Crippen LogP contribution in [0.5, 0.6) is 0 Å². The van der Waals surface area contributed by atoms with Gasteiger partial charge in [0.25, 0.3) is 15.9 Å². The normalized spacial score (nSPS) is 13.8. The summed E-state index contributed by atoms with van der Waals surface area (Å²) in [6.45, 7) is 8.82. The summed E-state index contributed by atoms with van der Waals surface area (Å²) in [5.74, 6) is -2.87. The van der Waals surface area contributed by atoms with Crippen molar-refractivity contribution in [3.63, 3.8) is 0 Å². The van der Waals surface area contributed by atoms with E-state index >= 15 is 0 Å². The number of halogens is 3. The molecular weight excluding hydrogens is 551 g/mol. The van der Waals surface area contributed by atoms with Crippen LogP contribution in [0.4, 0.5) is 24.5 Å². The van der Waals surface area contributed by atoms with Crippen molar-refractivity contribution in [3.05, 3.63) is 53.6 Å². The van der Waals surface area contributed by atoms with Gasteiger partial charge in [-0.05, 0) is 57.8 Å². The number of piperazine rings is 1. The maximum absolute atomic E-state index is 13.3. The minimum absolute atomic E-state index is 0.109. The standard InChI is InChI=1S/C24H35N5O3S.C2HF3O2/c1-5-28(17-16-27(3)4)24(30)20-10-11-22(29-14-12-25-13-15-29)21(18-20)26-33(31,32)23-9-7-6-8-19(23)2;3-2(4,5)1(6)7/h6-11,18,25-26H,5,12-17H2,1-4H3;(H,6,7). The van der Waals surface area contributed by atoms with Crippen molar-refractivity contribution in [2.24, 2.45) is 0 Å². The number of alkyl halides is 3. The molecule has 1 aliphatic heterocycles. The number of aryl methyl sites for hydroxylation is 1. The number of carboxylic acids is 1. The van der Waals surface area contributed by atoms with Gasteiger partial charge in [0, 0.05) is 51.4 Å². The van der Waals surface area contributed by atoms with Crippen molar-refractivity contribution >= 4 is 33.3 Å². The zero-order valence-corrected chi connectivity index (χ0v) is 23.8. The van der Waals surface area contributed by atoms with Crippen LogP contribution in [0.15, 0.2) is 47.4 Å². The number of carboxylic acid groups (broad SMARTS) is 1. The van der Waals surface area contributed by atoms with Crippen molar-refractivity contribution in [1.29, 1.82) is 0 Å².